The molecule has 0 aromatic heterocycles. The second-order valence-corrected chi connectivity index (χ2v) is 7.15. The summed E-state index contributed by atoms with van der Waals surface area (Å²) in [5.74, 6) is 0.838. The predicted octanol–water partition coefficient (Wildman–Crippen LogP) is 4.95. The highest BCUT2D eigenvalue weighted by molar-refractivity contribution is 8.00. The molecule has 0 N–H and O–H groups in total. The normalized spacial score (nSPS) is 23.6. The van der Waals surface area contributed by atoms with Crippen molar-refractivity contribution in [1.29, 1.82) is 5.26 Å². The van der Waals surface area contributed by atoms with E-state index in [9.17, 15) is 5.26 Å². The monoisotopic (exact) mass is 277 g/mol. The van der Waals surface area contributed by atoms with E-state index in [4.69, 9.17) is 0 Å². The van der Waals surface area contributed by atoms with Gasteiger partial charge in [-0.15, -0.1) is 23.5 Å². The van der Waals surface area contributed by atoms with Crippen LogP contribution >= 0.6 is 23.5 Å². The Morgan fingerprint density at radius 1 is 1.28 bits per heavy atom. The van der Waals surface area contributed by atoms with Crippen molar-refractivity contribution >= 4 is 23.5 Å². The van der Waals surface area contributed by atoms with Gasteiger partial charge in [-0.05, 0) is 37.1 Å². The van der Waals surface area contributed by atoms with Gasteiger partial charge in [0.05, 0.1) is 5.56 Å². The van der Waals surface area contributed by atoms with Gasteiger partial charge in [0.2, 0.25) is 0 Å². The summed E-state index contributed by atoms with van der Waals surface area (Å²) in [6.07, 6.45) is 7.33. The fourth-order valence-electron chi connectivity index (χ4n) is 2.55. The lowest BCUT2D eigenvalue weighted by Crippen LogP contribution is -2.15. The third-order valence-corrected chi connectivity index (χ3v) is 5.64. The van der Waals surface area contributed by atoms with Crippen LogP contribution in [0, 0.1) is 17.2 Å². The van der Waals surface area contributed by atoms with Crippen LogP contribution in [0.5, 0.6) is 0 Å². The van der Waals surface area contributed by atoms with Crippen LogP contribution in [0.4, 0.5) is 0 Å². The average molecular weight is 277 g/mol. The molecule has 1 aromatic carbocycles. The lowest BCUT2D eigenvalue weighted by Gasteiger charge is -2.26. The van der Waals surface area contributed by atoms with E-state index >= 15 is 0 Å². The van der Waals surface area contributed by atoms with Gasteiger partial charge in [-0.1, -0.05) is 25.8 Å². The van der Waals surface area contributed by atoms with Gasteiger partial charge in [-0.25, -0.2) is 0 Å². The second kappa shape index (κ2) is 6.54. The van der Waals surface area contributed by atoms with Gasteiger partial charge in [0, 0.05) is 15.0 Å². The van der Waals surface area contributed by atoms with E-state index < -0.39 is 0 Å². The van der Waals surface area contributed by atoms with Crippen molar-refractivity contribution in [3.63, 3.8) is 0 Å². The van der Waals surface area contributed by atoms with Crippen LogP contribution in [0.3, 0.4) is 0 Å². The first-order valence-corrected chi connectivity index (χ1v) is 8.58. The van der Waals surface area contributed by atoms with Gasteiger partial charge in [-0.2, -0.15) is 5.26 Å². The molecular weight excluding hydrogens is 258 g/mol. The summed E-state index contributed by atoms with van der Waals surface area (Å²) in [6.45, 7) is 2.34. The number of rotatable bonds is 3. The van der Waals surface area contributed by atoms with Crippen molar-refractivity contribution in [1.82, 2.24) is 0 Å². The van der Waals surface area contributed by atoms with Crippen LogP contribution in [0.15, 0.2) is 28.0 Å². The highest BCUT2D eigenvalue weighted by Gasteiger charge is 2.21. The molecule has 1 nitrogen and oxygen atoms in total. The predicted molar refractivity (Wildman–Crippen MR) is 80.2 cm³/mol. The van der Waals surface area contributed by atoms with E-state index in [1.807, 2.05) is 24.1 Å². The van der Waals surface area contributed by atoms with Crippen LogP contribution in [0.25, 0.3) is 0 Å². The molecule has 1 aromatic rings. The molecule has 0 radical (unpaired) electrons. The Morgan fingerprint density at radius 2 is 2.06 bits per heavy atom. The molecule has 0 spiro atoms. The molecule has 1 fully saturated rings. The minimum atomic E-state index is 0.693. The maximum absolute atomic E-state index is 9.34. The molecule has 1 aliphatic carbocycles. The van der Waals surface area contributed by atoms with Crippen molar-refractivity contribution in [3.05, 3.63) is 23.8 Å². The molecule has 0 heterocycles. The summed E-state index contributed by atoms with van der Waals surface area (Å²) in [6, 6.07) is 8.58. The zero-order valence-corrected chi connectivity index (χ0v) is 12.6. The zero-order chi connectivity index (χ0) is 13.0. The Kier molecular flexibility index (Phi) is 5.03. The van der Waals surface area contributed by atoms with Gasteiger partial charge >= 0.3 is 0 Å². The van der Waals surface area contributed by atoms with E-state index in [2.05, 4.69) is 25.1 Å². The van der Waals surface area contributed by atoms with Crippen molar-refractivity contribution in [2.24, 2.45) is 5.92 Å². The average Bonchev–Trinajstić information content (AvgIpc) is 2.38. The fraction of sp³-hybridized carbons (Fsp3) is 0.533. The molecule has 0 amide bonds. The molecule has 0 saturated heterocycles. The SMILES string of the molecule is CSc1cccc(SC2CCCC(C)C2)c1C#N. The third-order valence-electron chi connectivity index (χ3n) is 3.50. The maximum atomic E-state index is 9.34. The van der Waals surface area contributed by atoms with Crippen molar-refractivity contribution in [2.45, 2.75) is 47.6 Å². The number of benzene rings is 1. The number of hydrogen-bond acceptors (Lipinski definition) is 3. The highest BCUT2D eigenvalue weighted by Crippen LogP contribution is 2.39. The van der Waals surface area contributed by atoms with Crippen LogP contribution in [0.1, 0.15) is 38.2 Å². The Hall–Kier alpha value is -0.590. The van der Waals surface area contributed by atoms with E-state index in [1.165, 1.54) is 30.6 Å². The minimum absolute atomic E-state index is 0.693. The first-order chi connectivity index (χ1) is 8.74. The van der Waals surface area contributed by atoms with Gasteiger partial charge < -0.3 is 0 Å². The molecule has 18 heavy (non-hydrogen) atoms. The first kappa shape index (κ1) is 13.8. The van der Waals surface area contributed by atoms with Crippen LogP contribution < -0.4 is 0 Å². The second-order valence-electron chi connectivity index (χ2n) is 4.96. The summed E-state index contributed by atoms with van der Waals surface area (Å²) in [7, 11) is 0. The van der Waals surface area contributed by atoms with Gasteiger partial charge in [0.1, 0.15) is 6.07 Å². The summed E-state index contributed by atoms with van der Waals surface area (Å²) in [5.41, 5.74) is 0.869. The van der Waals surface area contributed by atoms with Gasteiger partial charge in [-0.3, -0.25) is 0 Å². The Labute approximate surface area is 118 Å². The molecule has 0 aliphatic heterocycles. The van der Waals surface area contributed by atoms with Crippen molar-refractivity contribution in [3.8, 4) is 6.07 Å². The standard InChI is InChI=1S/C15H19NS2/c1-11-5-3-6-12(9-11)18-15-8-4-7-14(17-2)13(15)10-16/h4,7-8,11-12H,3,5-6,9H2,1-2H3. The molecule has 2 rings (SSSR count). The quantitative estimate of drug-likeness (QED) is 0.730. The lowest BCUT2D eigenvalue weighted by atomic mass is 9.91. The molecule has 1 aliphatic rings. The molecular formula is C15H19NS2. The maximum Gasteiger partial charge on any atom is 0.101 e. The number of hydrogen-bond donors (Lipinski definition) is 0. The van der Waals surface area contributed by atoms with E-state index in [0.29, 0.717) is 5.25 Å². The molecule has 2 atom stereocenters. The number of nitriles is 1. The molecule has 96 valence electrons. The highest BCUT2D eigenvalue weighted by atomic mass is 32.2. The fourth-order valence-corrected chi connectivity index (χ4v) is 4.69. The zero-order valence-electron chi connectivity index (χ0n) is 11.0. The van der Waals surface area contributed by atoms with Crippen molar-refractivity contribution < 1.29 is 0 Å². The Morgan fingerprint density at radius 3 is 2.72 bits per heavy atom. The first-order valence-electron chi connectivity index (χ1n) is 6.48. The molecule has 0 bridgehead atoms. The van der Waals surface area contributed by atoms with Crippen LogP contribution in [-0.2, 0) is 0 Å². The number of thioether (sulfide) groups is 2. The molecule has 3 heteroatoms. The summed E-state index contributed by atoms with van der Waals surface area (Å²) in [5, 5.41) is 10.0. The summed E-state index contributed by atoms with van der Waals surface area (Å²) >= 11 is 3.57. The smallest absolute Gasteiger partial charge is 0.101 e. The Bertz CT molecular complexity index is 450. The Balaban J connectivity index is 2.16. The van der Waals surface area contributed by atoms with Crippen LogP contribution in [-0.4, -0.2) is 11.5 Å². The molecule has 1 saturated carbocycles. The summed E-state index contributed by atoms with van der Waals surface area (Å²) in [4.78, 5) is 2.27. The van der Waals surface area contributed by atoms with E-state index in [0.717, 1.165) is 16.4 Å². The van der Waals surface area contributed by atoms with E-state index in [-0.39, 0.29) is 0 Å². The van der Waals surface area contributed by atoms with Crippen molar-refractivity contribution in [2.75, 3.05) is 6.26 Å². The minimum Gasteiger partial charge on any atom is -0.192 e. The topological polar surface area (TPSA) is 23.8 Å². The largest absolute Gasteiger partial charge is 0.192 e. The van der Waals surface area contributed by atoms with Crippen LogP contribution in [0.2, 0.25) is 0 Å². The molecule has 2 unspecified atom stereocenters. The van der Waals surface area contributed by atoms with Gasteiger partial charge in [0.25, 0.3) is 0 Å². The lowest BCUT2D eigenvalue weighted by molar-refractivity contribution is 0.394. The number of nitrogens with zero attached hydrogens (tertiary/aromatic N) is 1. The summed E-state index contributed by atoms with van der Waals surface area (Å²) < 4.78 is 0. The van der Waals surface area contributed by atoms with E-state index in [1.54, 1.807) is 11.8 Å². The van der Waals surface area contributed by atoms with Gasteiger partial charge in [0.15, 0.2) is 0 Å². The third kappa shape index (κ3) is 3.24.